The first-order chi connectivity index (χ1) is 22.6. The van der Waals surface area contributed by atoms with Crippen molar-refractivity contribution in [1.82, 2.24) is 19.8 Å². The Balaban J connectivity index is 1.37. The molecule has 0 spiro atoms. The Kier molecular flexibility index (Phi) is 10.3. The maximum Gasteiger partial charge on any atom is 0.269 e. The van der Waals surface area contributed by atoms with Gasteiger partial charge in [-0.1, -0.05) is 74.9 Å². The summed E-state index contributed by atoms with van der Waals surface area (Å²) in [4.78, 5) is 43.6. The summed E-state index contributed by atoms with van der Waals surface area (Å²) in [6.45, 7) is 4.55. The maximum absolute atomic E-state index is 14.9. The molecule has 0 fully saturated rings. The minimum Gasteiger partial charge on any atom is -0.351 e. The summed E-state index contributed by atoms with van der Waals surface area (Å²) in [6.07, 6.45) is 3.89. The number of nitro benzene ring substituents is 1. The predicted octanol–water partition coefficient (Wildman–Crippen LogP) is 6.69. The summed E-state index contributed by atoms with van der Waals surface area (Å²) < 4.78 is 30.4. The summed E-state index contributed by atoms with van der Waals surface area (Å²) in [5, 5.41) is 16.0. The zero-order valence-corrected chi connectivity index (χ0v) is 26.1. The fraction of sp³-hybridized carbons (Fsp3) is 0.250. The van der Waals surface area contributed by atoms with Gasteiger partial charge in [-0.25, -0.2) is 13.8 Å². The SMILES string of the molecule is CC[C@H](C)[C@@H](CN(Cc1cccc2ccccc12)C(=O)c1ccc(F)cc1F)NC(=O)Cc1cncn1Cc1ccc([N+](=O)[O-])cc1. The van der Waals surface area contributed by atoms with Crippen molar-refractivity contribution < 1.29 is 23.3 Å². The molecule has 1 aromatic heterocycles. The number of aromatic nitrogens is 2. The smallest absolute Gasteiger partial charge is 0.269 e. The van der Waals surface area contributed by atoms with E-state index in [1.807, 2.05) is 56.3 Å². The zero-order valence-electron chi connectivity index (χ0n) is 26.1. The van der Waals surface area contributed by atoms with Crippen LogP contribution in [0, 0.1) is 27.7 Å². The first-order valence-corrected chi connectivity index (χ1v) is 15.4. The predicted molar refractivity (Wildman–Crippen MR) is 175 cm³/mol. The number of fused-ring (bicyclic) bond motifs is 1. The van der Waals surface area contributed by atoms with Gasteiger partial charge in [0.2, 0.25) is 5.91 Å². The van der Waals surface area contributed by atoms with Crippen LogP contribution in [0.1, 0.15) is 47.4 Å². The van der Waals surface area contributed by atoms with Gasteiger partial charge in [0, 0.05) is 55.8 Å². The van der Waals surface area contributed by atoms with Crippen molar-refractivity contribution in [2.75, 3.05) is 6.54 Å². The summed E-state index contributed by atoms with van der Waals surface area (Å²) in [5.74, 6) is -2.68. The van der Waals surface area contributed by atoms with Crippen LogP contribution in [0.3, 0.4) is 0 Å². The molecule has 0 saturated carbocycles. The number of carbonyl (C=O) groups excluding carboxylic acids is 2. The second-order valence-corrected chi connectivity index (χ2v) is 11.6. The number of carbonyl (C=O) groups is 2. The van der Waals surface area contributed by atoms with Crippen molar-refractivity contribution in [3.05, 3.63) is 142 Å². The van der Waals surface area contributed by atoms with E-state index in [1.54, 1.807) is 29.2 Å². The number of imidazole rings is 1. The van der Waals surface area contributed by atoms with Crippen LogP contribution < -0.4 is 5.32 Å². The molecule has 47 heavy (non-hydrogen) atoms. The average molecular weight is 640 g/mol. The van der Waals surface area contributed by atoms with Crippen molar-refractivity contribution in [3.63, 3.8) is 0 Å². The highest BCUT2D eigenvalue weighted by Crippen LogP contribution is 2.23. The lowest BCUT2D eigenvalue weighted by atomic mass is 9.97. The van der Waals surface area contributed by atoms with Crippen LogP contribution in [0.2, 0.25) is 0 Å². The molecular formula is C36H35F2N5O4. The minimum absolute atomic E-state index is 0.00375. The Morgan fingerprint density at radius 2 is 1.77 bits per heavy atom. The van der Waals surface area contributed by atoms with Gasteiger partial charge in [-0.3, -0.25) is 19.7 Å². The first-order valence-electron chi connectivity index (χ1n) is 15.4. The number of halogens is 2. The highest BCUT2D eigenvalue weighted by molar-refractivity contribution is 5.95. The van der Waals surface area contributed by atoms with E-state index in [2.05, 4.69) is 10.3 Å². The van der Waals surface area contributed by atoms with Crippen LogP contribution in [0.15, 0.2) is 97.5 Å². The van der Waals surface area contributed by atoms with E-state index in [0.29, 0.717) is 24.7 Å². The molecule has 0 aliphatic rings. The highest BCUT2D eigenvalue weighted by atomic mass is 19.1. The van der Waals surface area contributed by atoms with Crippen LogP contribution in [-0.4, -0.2) is 43.8 Å². The monoisotopic (exact) mass is 639 g/mol. The van der Waals surface area contributed by atoms with E-state index in [1.165, 1.54) is 17.0 Å². The van der Waals surface area contributed by atoms with Crippen LogP contribution in [0.5, 0.6) is 0 Å². The molecule has 0 saturated heterocycles. The number of rotatable bonds is 13. The standard InChI is InChI=1S/C36H35F2N5O4/c1-3-24(2)34(40-35(44)18-30-19-39-23-42(30)20-25-11-14-29(15-12-25)43(46)47)22-41(36(45)32-16-13-28(37)17-33(32)38)21-27-9-6-8-26-7-4-5-10-31(26)27/h4-17,19,23-24,34H,3,18,20-22H2,1-2H3,(H,40,44)/t24-,34+/m0/s1. The van der Waals surface area contributed by atoms with Crippen molar-refractivity contribution in [3.8, 4) is 0 Å². The molecule has 4 aromatic carbocycles. The van der Waals surface area contributed by atoms with Crippen LogP contribution >= 0.6 is 0 Å². The number of hydrogen-bond acceptors (Lipinski definition) is 5. The third-order valence-corrected chi connectivity index (χ3v) is 8.42. The third kappa shape index (κ3) is 8.04. The fourth-order valence-electron chi connectivity index (χ4n) is 5.56. The molecular weight excluding hydrogens is 604 g/mol. The van der Waals surface area contributed by atoms with E-state index in [-0.39, 0.29) is 42.6 Å². The quantitative estimate of drug-likeness (QED) is 0.114. The van der Waals surface area contributed by atoms with Gasteiger partial charge in [0.1, 0.15) is 11.6 Å². The minimum atomic E-state index is -0.955. The molecule has 1 heterocycles. The van der Waals surface area contributed by atoms with Gasteiger partial charge >= 0.3 is 0 Å². The molecule has 2 atom stereocenters. The van der Waals surface area contributed by atoms with Crippen molar-refractivity contribution in [1.29, 1.82) is 0 Å². The highest BCUT2D eigenvalue weighted by Gasteiger charge is 2.27. The molecule has 2 amide bonds. The van der Waals surface area contributed by atoms with Crippen LogP contribution in [-0.2, 0) is 24.3 Å². The molecule has 0 radical (unpaired) electrons. The Morgan fingerprint density at radius 3 is 2.49 bits per heavy atom. The lowest BCUT2D eigenvalue weighted by molar-refractivity contribution is -0.384. The van der Waals surface area contributed by atoms with E-state index < -0.39 is 28.5 Å². The van der Waals surface area contributed by atoms with Crippen molar-refractivity contribution in [2.24, 2.45) is 5.92 Å². The molecule has 9 nitrogen and oxygen atoms in total. The summed E-state index contributed by atoms with van der Waals surface area (Å²) >= 11 is 0. The number of nitrogens with zero attached hydrogens (tertiary/aromatic N) is 4. The number of hydrogen-bond donors (Lipinski definition) is 1. The lowest BCUT2D eigenvalue weighted by Gasteiger charge is -2.32. The third-order valence-electron chi connectivity index (χ3n) is 8.42. The molecule has 242 valence electrons. The number of non-ortho nitro benzene ring substituents is 1. The summed E-state index contributed by atoms with van der Waals surface area (Å²) in [6, 6.07) is 22.1. The van der Waals surface area contributed by atoms with Crippen molar-refractivity contribution in [2.45, 2.75) is 45.8 Å². The molecule has 0 aliphatic heterocycles. The van der Waals surface area contributed by atoms with Gasteiger partial charge in [0.15, 0.2) is 0 Å². The second-order valence-electron chi connectivity index (χ2n) is 11.6. The van der Waals surface area contributed by atoms with Crippen LogP contribution in [0.4, 0.5) is 14.5 Å². The number of nitro groups is 1. The Hall–Kier alpha value is -5.45. The Labute approximate surface area is 271 Å². The average Bonchev–Trinajstić information content (AvgIpc) is 3.49. The van der Waals surface area contributed by atoms with Gasteiger partial charge in [0.05, 0.1) is 23.2 Å². The van der Waals surface area contributed by atoms with E-state index in [0.717, 1.165) is 34.0 Å². The summed E-state index contributed by atoms with van der Waals surface area (Å²) in [7, 11) is 0. The van der Waals surface area contributed by atoms with Gasteiger partial charge in [-0.15, -0.1) is 0 Å². The first kappa shape index (κ1) is 32.9. The maximum atomic E-state index is 14.9. The summed E-state index contributed by atoms with van der Waals surface area (Å²) in [5.41, 5.74) is 2.04. The number of amides is 2. The lowest BCUT2D eigenvalue weighted by Crippen LogP contribution is -2.49. The second kappa shape index (κ2) is 14.8. The molecule has 11 heteroatoms. The van der Waals surface area contributed by atoms with E-state index >= 15 is 0 Å². The molecule has 5 aromatic rings. The number of nitrogens with one attached hydrogen (secondary N) is 1. The molecule has 1 N–H and O–H groups in total. The molecule has 5 rings (SSSR count). The molecule has 0 aliphatic carbocycles. The van der Waals surface area contributed by atoms with Gasteiger partial charge in [0.25, 0.3) is 11.6 Å². The van der Waals surface area contributed by atoms with Crippen molar-refractivity contribution >= 4 is 28.3 Å². The largest absolute Gasteiger partial charge is 0.351 e. The van der Waals surface area contributed by atoms with Crippen LogP contribution in [0.25, 0.3) is 10.8 Å². The van der Waals surface area contributed by atoms with E-state index in [9.17, 15) is 28.5 Å². The fourth-order valence-corrected chi connectivity index (χ4v) is 5.56. The molecule has 0 bridgehead atoms. The van der Waals surface area contributed by atoms with Gasteiger partial charge in [-0.2, -0.15) is 0 Å². The van der Waals surface area contributed by atoms with E-state index in [4.69, 9.17) is 0 Å². The Bertz CT molecular complexity index is 1890. The zero-order chi connectivity index (χ0) is 33.5. The van der Waals surface area contributed by atoms with Gasteiger partial charge in [-0.05, 0) is 39.9 Å². The van der Waals surface area contributed by atoms with Gasteiger partial charge < -0.3 is 14.8 Å². The topological polar surface area (TPSA) is 110 Å². The number of benzene rings is 4. The molecule has 0 unspecified atom stereocenters. The normalized spacial score (nSPS) is 12.4. The Morgan fingerprint density at radius 1 is 1.02 bits per heavy atom.